The van der Waals surface area contributed by atoms with Crippen molar-refractivity contribution in [2.75, 3.05) is 19.8 Å². The minimum atomic E-state index is -3.15. The quantitative estimate of drug-likeness (QED) is 0.671. The summed E-state index contributed by atoms with van der Waals surface area (Å²) in [5.74, 6) is 0. The van der Waals surface area contributed by atoms with E-state index in [1.54, 1.807) is 0 Å². The summed E-state index contributed by atoms with van der Waals surface area (Å²) in [6, 6.07) is 0. The van der Waals surface area contributed by atoms with Gasteiger partial charge in [0.25, 0.3) is 0 Å². The summed E-state index contributed by atoms with van der Waals surface area (Å²) >= 11 is 0. The number of ether oxygens (including phenoxy) is 2. The van der Waals surface area contributed by atoms with E-state index in [9.17, 15) is 0 Å². The third kappa shape index (κ3) is 2.76. The first-order valence-corrected chi connectivity index (χ1v) is 12.3. The molecule has 0 aromatic rings. The molecule has 6 heteroatoms. The molecule has 1 atom stereocenters. The summed E-state index contributed by atoms with van der Waals surface area (Å²) in [5.41, 5.74) is 0. The second-order valence-electron chi connectivity index (χ2n) is 1.98. The molecule has 1 heterocycles. The summed E-state index contributed by atoms with van der Waals surface area (Å²) in [7, 11) is 14.0. The predicted molar refractivity (Wildman–Crippen MR) is 43.9 cm³/mol. The molecule has 0 aliphatic carbocycles. The van der Waals surface area contributed by atoms with Crippen molar-refractivity contribution < 1.29 is 9.47 Å². The third-order valence-electron chi connectivity index (χ3n) is 1.18. The van der Waals surface area contributed by atoms with E-state index in [-0.39, 0.29) is 4.94 Å². The van der Waals surface area contributed by atoms with Gasteiger partial charge >= 0.3 is 74.7 Å². The van der Waals surface area contributed by atoms with Crippen LogP contribution in [0.4, 0.5) is 0 Å². The molecule has 0 N–H and O–H groups in total. The van der Waals surface area contributed by atoms with Crippen LogP contribution in [0.3, 0.4) is 0 Å². The van der Waals surface area contributed by atoms with Gasteiger partial charge in [0, 0.05) is 0 Å². The van der Waals surface area contributed by atoms with E-state index in [0.29, 0.717) is 19.8 Å². The van der Waals surface area contributed by atoms with Gasteiger partial charge in [0.2, 0.25) is 0 Å². The van der Waals surface area contributed by atoms with Crippen LogP contribution < -0.4 is 0 Å². The molecule has 0 amide bonds. The van der Waals surface area contributed by atoms with Gasteiger partial charge < -0.3 is 0 Å². The van der Waals surface area contributed by atoms with Gasteiger partial charge in [-0.2, -0.15) is 0 Å². The van der Waals surface area contributed by atoms with E-state index < -0.39 is 10.5 Å². The Balaban J connectivity index is 2.39. The van der Waals surface area contributed by atoms with Gasteiger partial charge in [0.15, 0.2) is 0 Å². The Labute approximate surface area is 74.6 Å². The number of halogens is 3. The molecule has 10 heavy (non-hydrogen) atoms. The van der Waals surface area contributed by atoms with Crippen molar-refractivity contribution >= 4 is 40.5 Å². The first-order chi connectivity index (χ1) is 4.61. The minimum absolute atomic E-state index is 0.237. The molecule has 1 aliphatic heterocycles. The first-order valence-electron chi connectivity index (χ1n) is 2.87. The average molecular weight is 266 g/mol. The van der Waals surface area contributed by atoms with Crippen molar-refractivity contribution in [1.82, 2.24) is 0 Å². The van der Waals surface area contributed by atoms with E-state index in [4.69, 9.17) is 39.5 Å². The van der Waals surface area contributed by atoms with Crippen molar-refractivity contribution in [2.45, 2.75) is 4.94 Å². The predicted octanol–water partition coefficient (Wildman–Crippen LogP) is 1.60. The molecular weight excluding hydrogens is 259 g/mol. The maximum absolute atomic E-state index is 5.73. The molecule has 0 bridgehead atoms. The Bertz CT molecular complexity index is 110. The van der Waals surface area contributed by atoms with Gasteiger partial charge in [-0.3, -0.25) is 0 Å². The van der Waals surface area contributed by atoms with Crippen LogP contribution in [0.15, 0.2) is 0 Å². The van der Waals surface area contributed by atoms with Crippen LogP contribution in [0.2, 0.25) is 0 Å². The molecule has 0 aromatic heterocycles. The molecule has 0 radical (unpaired) electrons. The molecule has 1 fully saturated rings. The van der Waals surface area contributed by atoms with Crippen molar-refractivity contribution in [3.05, 3.63) is 0 Å². The second kappa shape index (κ2) is 3.83. The van der Waals surface area contributed by atoms with Gasteiger partial charge in [-0.1, -0.05) is 0 Å². The molecular formula is C4H7Cl3GeO2. The van der Waals surface area contributed by atoms with Crippen LogP contribution >= 0.6 is 30.0 Å². The monoisotopic (exact) mass is 266 g/mol. The number of hydrogen-bond donors (Lipinski definition) is 0. The van der Waals surface area contributed by atoms with Gasteiger partial charge in [-0.05, 0) is 0 Å². The van der Waals surface area contributed by atoms with E-state index >= 15 is 0 Å². The van der Waals surface area contributed by atoms with E-state index in [0.717, 1.165) is 0 Å². The van der Waals surface area contributed by atoms with Crippen LogP contribution in [-0.4, -0.2) is 35.2 Å². The zero-order valence-electron chi connectivity index (χ0n) is 5.15. The normalized spacial score (nSPS) is 28.5. The first kappa shape index (κ1) is 9.42. The average Bonchev–Trinajstić information content (AvgIpc) is 1.88. The van der Waals surface area contributed by atoms with Crippen molar-refractivity contribution in [3.63, 3.8) is 0 Å². The van der Waals surface area contributed by atoms with E-state index in [1.807, 2.05) is 0 Å². The zero-order chi connectivity index (χ0) is 7.61. The van der Waals surface area contributed by atoms with Crippen molar-refractivity contribution in [3.8, 4) is 0 Å². The van der Waals surface area contributed by atoms with Crippen molar-refractivity contribution in [1.29, 1.82) is 0 Å². The molecule has 1 unspecified atom stereocenters. The molecule has 0 aromatic carbocycles. The van der Waals surface area contributed by atoms with Gasteiger partial charge in [0.05, 0.1) is 0 Å². The molecule has 2 nitrogen and oxygen atoms in total. The van der Waals surface area contributed by atoms with Crippen molar-refractivity contribution in [2.24, 2.45) is 0 Å². The molecule has 1 rings (SSSR count). The fraction of sp³-hybridized carbons (Fsp3) is 1.00. The Hall–Kier alpha value is 1.33. The fourth-order valence-electron chi connectivity index (χ4n) is 0.677. The van der Waals surface area contributed by atoms with Crippen LogP contribution in [-0.2, 0) is 9.47 Å². The van der Waals surface area contributed by atoms with Gasteiger partial charge in [-0.15, -0.1) is 0 Å². The van der Waals surface area contributed by atoms with Gasteiger partial charge in [0.1, 0.15) is 0 Å². The third-order valence-corrected chi connectivity index (χ3v) is 7.21. The van der Waals surface area contributed by atoms with Crippen LogP contribution in [0.5, 0.6) is 0 Å². The number of rotatable bonds is 1. The maximum atomic E-state index is 5.73. The molecule has 1 saturated heterocycles. The second-order valence-corrected chi connectivity index (χ2v) is 17.9. The Morgan fingerprint density at radius 2 is 1.90 bits per heavy atom. The topological polar surface area (TPSA) is 18.5 Å². The molecule has 1 aliphatic rings. The molecule has 60 valence electrons. The van der Waals surface area contributed by atoms with Crippen LogP contribution in [0.25, 0.3) is 0 Å². The summed E-state index contributed by atoms with van der Waals surface area (Å²) in [6.45, 7) is 1.60. The Morgan fingerprint density at radius 1 is 1.20 bits per heavy atom. The van der Waals surface area contributed by atoms with E-state index in [1.165, 1.54) is 0 Å². The Kier molecular flexibility index (Phi) is 3.61. The molecule has 0 spiro atoms. The van der Waals surface area contributed by atoms with Crippen LogP contribution in [0.1, 0.15) is 0 Å². The summed E-state index contributed by atoms with van der Waals surface area (Å²) < 4.78 is 10.3. The van der Waals surface area contributed by atoms with E-state index in [2.05, 4.69) is 0 Å². The molecule has 0 saturated carbocycles. The fourth-order valence-corrected chi connectivity index (χ4v) is 3.93. The zero-order valence-corrected chi connectivity index (χ0v) is 9.51. The number of hydrogen-bond acceptors (Lipinski definition) is 2. The van der Waals surface area contributed by atoms with Crippen LogP contribution in [0, 0.1) is 0 Å². The van der Waals surface area contributed by atoms with Gasteiger partial charge in [-0.25, -0.2) is 0 Å². The summed E-state index contributed by atoms with van der Waals surface area (Å²) in [4.78, 5) is -0.237. The summed E-state index contributed by atoms with van der Waals surface area (Å²) in [5, 5.41) is 0. The summed E-state index contributed by atoms with van der Waals surface area (Å²) in [6.07, 6.45) is 0. The SMILES string of the molecule is [Cl][Ge]([Cl])([Cl])[CH]1COCCO1. The Morgan fingerprint density at radius 3 is 2.20 bits per heavy atom. The standard InChI is InChI=1S/C4H7Cl3GeO2/c5-8(6,7)4-3-9-1-2-10-4/h4H,1-3H2.